The predicted octanol–water partition coefficient (Wildman–Crippen LogP) is 3.59. The van der Waals surface area contributed by atoms with Gasteiger partial charge in [0.1, 0.15) is 11.6 Å². The van der Waals surface area contributed by atoms with Crippen LogP contribution in [0.2, 0.25) is 0 Å². The highest BCUT2D eigenvalue weighted by Gasteiger charge is 2.40. The van der Waals surface area contributed by atoms with Crippen LogP contribution in [0.1, 0.15) is 55.2 Å². The van der Waals surface area contributed by atoms with Crippen LogP contribution < -0.4 is 0 Å². The fraction of sp³-hybridized carbons (Fsp3) is 0.579. The lowest BCUT2D eigenvalue weighted by atomic mass is 9.97. The third kappa shape index (κ3) is 3.92. The quantitative estimate of drug-likeness (QED) is 0.749. The third-order valence-corrected chi connectivity index (χ3v) is 7.72. The molecule has 0 amide bonds. The van der Waals surface area contributed by atoms with Gasteiger partial charge in [-0.15, -0.1) is 10.2 Å². The Bertz CT molecular complexity index is 980. The van der Waals surface area contributed by atoms with Crippen LogP contribution in [0.25, 0.3) is 0 Å². The van der Waals surface area contributed by atoms with Gasteiger partial charge in [-0.3, -0.25) is 0 Å². The lowest BCUT2D eigenvalue weighted by molar-refractivity contribution is -0.139. The SMILES string of the molecule is O=S(=O)(c1ccccc1C(F)(F)F)N1CCC(c2nnc3n2CCCCC3)CC1. The van der Waals surface area contributed by atoms with Gasteiger partial charge >= 0.3 is 6.18 Å². The first-order valence-electron chi connectivity index (χ1n) is 9.87. The Morgan fingerprint density at radius 2 is 1.69 bits per heavy atom. The maximum atomic E-state index is 13.3. The Hall–Kier alpha value is -1.94. The van der Waals surface area contributed by atoms with Gasteiger partial charge < -0.3 is 4.57 Å². The summed E-state index contributed by atoms with van der Waals surface area (Å²) in [6, 6.07) is 4.36. The zero-order chi connectivity index (χ0) is 20.6. The molecule has 10 heteroatoms. The number of hydrogen-bond acceptors (Lipinski definition) is 4. The fourth-order valence-electron chi connectivity index (χ4n) is 4.23. The van der Waals surface area contributed by atoms with E-state index in [9.17, 15) is 21.6 Å². The van der Waals surface area contributed by atoms with Gasteiger partial charge in [-0.1, -0.05) is 18.6 Å². The van der Waals surface area contributed by atoms with E-state index in [1.54, 1.807) is 0 Å². The Balaban J connectivity index is 1.53. The first-order chi connectivity index (χ1) is 13.8. The average Bonchev–Trinajstić information content (AvgIpc) is 2.95. The Morgan fingerprint density at radius 3 is 2.41 bits per heavy atom. The molecule has 0 aliphatic carbocycles. The van der Waals surface area contributed by atoms with Crippen molar-refractivity contribution in [2.45, 2.75) is 62.1 Å². The van der Waals surface area contributed by atoms with E-state index in [0.717, 1.165) is 60.3 Å². The molecule has 1 aromatic heterocycles. The number of halogens is 3. The second-order valence-electron chi connectivity index (χ2n) is 7.61. The molecule has 158 valence electrons. The Kier molecular flexibility index (Phi) is 5.41. The zero-order valence-corrected chi connectivity index (χ0v) is 16.7. The summed E-state index contributed by atoms with van der Waals surface area (Å²) in [5.41, 5.74) is -1.12. The molecule has 0 bridgehead atoms. The first kappa shape index (κ1) is 20.3. The van der Waals surface area contributed by atoms with Gasteiger partial charge in [-0.2, -0.15) is 17.5 Å². The Labute approximate surface area is 167 Å². The minimum absolute atomic E-state index is 0.0682. The standard InChI is InChI=1S/C19H23F3N4O2S/c20-19(21,22)15-6-3-4-7-16(15)29(27,28)25-12-9-14(10-13-25)18-24-23-17-8-2-1-5-11-26(17)18/h3-4,6-7,14H,1-2,5,8-13H2. The van der Waals surface area contributed by atoms with Gasteiger partial charge in [0, 0.05) is 32.0 Å². The van der Waals surface area contributed by atoms with Crippen molar-refractivity contribution in [3.05, 3.63) is 41.5 Å². The molecular weight excluding hydrogens is 405 g/mol. The summed E-state index contributed by atoms with van der Waals surface area (Å²) in [6.45, 7) is 1.21. The molecular formula is C19H23F3N4O2S. The lowest BCUT2D eigenvalue weighted by Crippen LogP contribution is -2.39. The number of piperidine rings is 1. The van der Waals surface area contributed by atoms with Gasteiger partial charge in [0.2, 0.25) is 10.0 Å². The van der Waals surface area contributed by atoms with E-state index < -0.39 is 26.7 Å². The minimum atomic E-state index is -4.72. The lowest BCUT2D eigenvalue weighted by Gasteiger charge is -2.31. The van der Waals surface area contributed by atoms with Crippen LogP contribution in [0.5, 0.6) is 0 Å². The first-order valence-corrected chi connectivity index (χ1v) is 11.3. The van der Waals surface area contributed by atoms with Crippen molar-refractivity contribution in [3.63, 3.8) is 0 Å². The van der Waals surface area contributed by atoms with E-state index in [1.165, 1.54) is 12.1 Å². The highest BCUT2D eigenvalue weighted by molar-refractivity contribution is 7.89. The fourth-order valence-corrected chi connectivity index (χ4v) is 5.91. The topological polar surface area (TPSA) is 68.1 Å². The van der Waals surface area contributed by atoms with Crippen molar-refractivity contribution in [2.75, 3.05) is 13.1 Å². The molecule has 1 fully saturated rings. The van der Waals surface area contributed by atoms with Crippen LogP contribution in [-0.2, 0) is 29.2 Å². The van der Waals surface area contributed by atoms with E-state index in [4.69, 9.17) is 0 Å². The molecule has 4 rings (SSSR count). The van der Waals surface area contributed by atoms with Crippen LogP contribution >= 0.6 is 0 Å². The van der Waals surface area contributed by atoms with Gasteiger partial charge in [0.25, 0.3) is 0 Å². The molecule has 0 saturated carbocycles. The van der Waals surface area contributed by atoms with E-state index in [1.807, 2.05) is 0 Å². The van der Waals surface area contributed by atoms with Gasteiger partial charge in [0.05, 0.1) is 10.5 Å². The van der Waals surface area contributed by atoms with Crippen molar-refractivity contribution < 1.29 is 21.6 Å². The number of nitrogens with zero attached hydrogens (tertiary/aromatic N) is 4. The van der Waals surface area contributed by atoms with Crippen LogP contribution in [-0.4, -0.2) is 40.6 Å². The maximum absolute atomic E-state index is 13.3. The number of fused-ring (bicyclic) bond motifs is 1. The van der Waals surface area contributed by atoms with Crippen molar-refractivity contribution in [1.29, 1.82) is 0 Å². The van der Waals surface area contributed by atoms with E-state index in [-0.39, 0.29) is 19.0 Å². The van der Waals surface area contributed by atoms with Crippen molar-refractivity contribution >= 4 is 10.0 Å². The number of benzene rings is 1. The van der Waals surface area contributed by atoms with Crippen molar-refractivity contribution in [2.24, 2.45) is 0 Å². The summed E-state index contributed by atoms with van der Waals surface area (Å²) in [4.78, 5) is -0.678. The molecule has 0 N–H and O–H groups in total. The average molecular weight is 428 g/mol. The predicted molar refractivity (Wildman–Crippen MR) is 99.8 cm³/mol. The molecule has 2 aliphatic heterocycles. The molecule has 1 saturated heterocycles. The summed E-state index contributed by atoms with van der Waals surface area (Å²) in [5, 5.41) is 8.65. The summed E-state index contributed by atoms with van der Waals surface area (Å²) < 4.78 is 69.0. The summed E-state index contributed by atoms with van der Waals surface area (Å²) in [5.74, 6) is 1.93. The van der Waals surface area contributed by atoms with Gasteiger partial charge in [0.15, 0.2) is 0 Å². The number of alkyl halides is 3. The Morgan fingerprint density at radius 1 is 0.966 bits per heavy atom. The van der Waals surface area contributed by atoms with E-state index >= 15 is 0 Å². The smallest absolute Gasteiger partial charge is 0.315 e. The van der Waals surface area contributed by atoms with Crippen LogP contribution in [0, 0.1) is 0 Å². The molecule has 0 spiro atoms. The van der Waals surface area contributed by atoms with Crippen LogP contribution in [0.3, 0.4) is 0 Å². The molecule has 3 heterocycles. The molecule has 0 unspecified atom stereocenters. The molecule has 2 aromatic rings. The van der Waals surface area contributed by atoms with Gasteiger partial charge in [-0.05, 0) is 37.8 Å². The van der Waals surface area contributed by atoms with Gasteiger partial charge in [-0.25, -0.2) is 8.42 Å². The van der Waals surface area contributed by atoms with E-state index in [0.29, 0.717) is 12.8 Å². The molecule has 1 aromatic carbocycles. The minimum Gasteiger partial charge on any atom is -0.315 e. The molecule has 0 atom stereocenters. The van der Waals surface area contributed by atoms with E-state index in [2.05, 4.69) is 14.8 Å². The van der Waals surface area contributed by atoms with Crippen molar-refractivity contribution in [1.82, 2.24) is 19.1 Å². The number of aromatic nitrogens is 3. The van der Waals surface area contributed by atoms with Crippen molar-refractivity contribution in [3.8, 4) is 0 Å². The largest absolute Gasteiger partial charge is 0.417 e. The molecule has 2 aliphatic rings. The monoisotopic (exact) mass is 428 g/mol. The third-order valence-electron chi connectivity index (χ3n) is 5.77. The zero-order valence-electron chi connectivity index (χ0n) is 15.9. The summed E-state index contributed by atoms with van der Waals surface area (Å²) in [6.07, 6.45) is 0.525. The highest BCUT2D eigenvalue weighted by atomic mass is 32.2. The number of aryl methyl sites for hydroxylation is 1. The van der Waals surface area contributed by atoms with Crippen LogP contribution in [0.4, 0.5) is 13.2 Å². The molecule has 6 nitrogen and oxygen atoms in total. The number of sulfonamides is 1. The molecule has 0 radical (unpaired) electrons. The molecule has 29 heavy (non-hydrogen) atoms. The summed E-state index contributed by atoms with van der Waals surface area (Å²) in [7, 11) is -4.22. The number of rotatable bonds is 3. The normalized spacial score (nSPS) is 19.7. The van der Waals surface area contributed by atoms with Crippen LogP contribution in [0.15, 0.2) is 29.2 Å². The number of hydrogen-bond donors (Lipinski definition) is 0. The maximum Gasteiger partial charge on any atom is 0.417 e. The second-order valence-corrected chi connectivity index (χ2v) is 9.52. The second kappa shape index (κ2) is 7.71. The highest BCUT2D eigenvalue weighted by Crippen LogP contribution is 2.37. The summed E-state index contributed by atoms with van der Waals surface area (Å²) >= 11 is 0.